The Hall–Kier alpha value is -1.45. The number of hydrogen-bond acceptors (Lipinski definition) is 5. The van der Waals surface area contributed by atoms with Crippen LogP contribution in [0.3, 0.4) is 0 Å². The first-order valence-electron chi connectivity index (χ1n) is 9.85. The maximum Gasteiger partial charge on any atom is 0.240 e. The minimum atomic E-state index is -3.57. The Morgan fingerprint density at radius 2 is 1.57 bits per heavy atom. The zero-order chi connectivity index (χ0) is 20.2. The number of carbonyl (C=O) groups is 1. The van der Waals surface area contributed by atoms with Gasteiger partial charge in [0.05, 0.1) is 15.9 Å². The van der Waals surface area contributed by atoms with Gasteiger partial charge in [-0.2, -0.15) is 0 Å². The van der Waals surface area contributed by atoms with E-state index < -0.39 is 19.9 Å². The molecule has 2 aliphatic rings. The van der Waals surface area contributed by atoms with Crippen molar-refractivity contribution in [3.63, 3.8) is 0 Å². The molecule has 1 saturated carbocycles. The summed E-state index contributed by atoms with van der Waals surface area (Å²) in [5.74, 6) is -0.247. The molecule has 1 aliphatic heterocycles. The number of hydrogen-bond donors (Lipinski definition) is 1. The number of sulfone groups is 1. The minimum absolute atomic E-state index is 0.0131. The molecule has 0 radical (unpaired) electrons. The summed E-state index contributed by atoms with van der Waals surface area (Å²) in [6, 6.07) is 7.98. The fourth-order valence-corrected chi connectivity index (χ4v) is 7.11. The highest BCUT2D eigenvalue weighted by atomic mass is 32.2. The van der Waals surface area contributed by atoms with Gasteiger partial charge in [0.2, 0.25) is 15.9 Å². The van der Waals surface area contributed by atoms with Crippen LogP contribution in [0.5, 0.6) is 0 Å². The molecule has 0 bridgehead atoms. The first kappa shape index (κ1) is 21.3. The third-order valence-corrected chi connectivity index (χ3v) is 9.43. The summed E-state index contributed by atoms with van der Waals surface area (Å²) in [6.45, 7) is 0.870. The highest BCUT2D eigenvalue weighted by Crippen LogP contribution is 2.26. The Labute approximate surface area is 167 Å². The van der Waals surface area contributed by atoms with Gasteiger partial charge in [-0.05, 0) is 37.8 Å². The highest BCUT2D eigenvalue weighted by Gasteiger charge is 2.31. The Kier molecular flexibility index (Phi) is 6.77. The van der Waals surface area contributed by atoms with E-state index in [9.17, 15) is 21.6 Å². The molecule has 1 saturated heterocycles. The molecule has 2 fully saturated rings. The summed E-state index contributed by atoms with van der Waals surface area (Å²) in [7, 11) is -6.77. The Balaban J connectivity index is 1.46. The van der Waals surface area contributed by atoms with Crippen LogP contribution >= 0.6 is 0 Å². The molecule has 1 heterocycles. The van der Waals surface area contributed by atoms with Gasteiger partial charge in [0.1, 0.15) is 0 Å². The van der Waals surface area contributed by atoms with Gasteiger partial charge in [0.15, 0.2) is 9.84 Å². The molecular weight excluding hydrogens is 400 g/mol. The molecule has 3 rings (SSSR count). The molecule has 1 aliphatic carbocycles. The number of amides is 1. The van der Waals surface area contributed by atoms with Crippen molar-refractivity contribution in [2.75, 3.05) is 18.8 Å². The average molecular weight is 429 g/mol. The van der Waals surface area contributed by atoms with Crippen molar-refractivity contribution in [1.29, 1.82) is 0 Å². The smallest absolute Gasteiger partial charge is 0.240 e. The molecule has 0 unspecified atom stereocenters. The summed E-state index contributed by atoms with van der Waals surface area (Å²) < 4.78 is 52.1. The minimum Gasteiger partial charge on any atom is -0.343 e. The van der Waals surface area contributed by atoms with E-state index in [0.29, 0.717) is 38.8 Å². The highest BCUT2D eigenvalue weighted by molar-refractivity contribution is 7.92. The zero-order valence-corrected chi connectivity index (χ0v) is 17.6. The van der Waals surface area contributed by atoms with Gasteiger partial charge in [-0.3, -0.25) is 4.79 Å². The molecule has 1 aromatic carbocycles. The number of carbonyl (C=O) groups excluding carboxylic acids is 1. The molecule has 7 nitrogen and oxygen atoms in total. The number of rotatable bonds is 7. The number of benzene rings is 1. The number of nitrogens with one attached hydrogen (secondary N) is 1. The van der Waals surface area contributed by atoms with Crippen molar-refractivity contribution in [2.45, 2.75) is 61.1 Å². The van der Waals surface area contributed by atoms with E-state index >= 15 is 0 Å². The van der Waals surface area contributed by atoms with Crippen LogP contribution < -0.4 is 4.72 Å². The van der Waals surface area contributed by atoms with E-state index in [1.165, 1.54) is 0 Å². The molecule has 156 valence electrons. The average Bonchev–Trinajstić information content (AvgIpc) is 3.23. The largest absolute Gasteiger partial charge is 0.343 e. The molecule has 0 spiro atoms. The Morgan fingerprint density at radius 1 is 0.964 bits per heavy atom. The van der Waals surface area contributed by atoms with Crippen molar-refractivity contribution in [3.05, 3.63) is 30.3 Å². The van der Waals surface area contributed by atoms with Crippen LogP contribution in [0.2, 0.25) is 0 Å². The van der Waals surface area contributed by atoms with Crippen LogP contribution in [0, 0.1) is 0 Å². The van der Waals surface area contributed by atoms with E-state index in [-0.39, 0.29) is 34.3 Å². The van der Waals surface area contributed by atoms with Crippen molar-refractivity contribution in [1.82, 2.24) is 9.62 Å². The van der Waals surface area contributed by atoms with Crippen LogP contribution in [-0.2, 0) is 24.7 Å². The lowest BCUT2D eigenvalue weighted by Crippen LogP contribution is -2.46. The first-order chi connectivity index (χ1) is 13.3. The second kappa shape index (κ2) is 8.92. The van der Waals surface area contributed by atoms with E-state index in [4.69, 9.17) is 0 Å². The van der Waals surface area contributed by atoms with E-state index in [1.54, 1.807) is 35.2 Å². The van der Waals surface area contributed by atoms with E-state index in [0.717, 1.165) is 12.8 Å². The van der Waals surface area contributed by atoms with Gasteiger partial charge in [0.25, 0.3) is 0 Å². The van der Waals surface area contributed by atoms with Crippen LogP contribution in [0.15, 0.2) is 35.2 Å². The van der Waals surface area contributed by atoms with Crippen LogP contribution in [0.4, 0.5) is 0 Å². The maximum atomic E-state index is 12.4. The van der Waals surface area contributed by atoms with Gasteiger partial charge in [0, 0.05) is 25.6 Å². The topological polar surface area (TPSA) is 101 Å². The monoisotopic (exact) mass is 428 g/mol. The van der Waals surface area contributed by atoms with Gasteiger partial charge in [-0.1, -0.05) is 31.0 Å². The number of sulfonamides is 1. The van der Waals surface area contributed by atoms with E-state index in [1.807, 2.05) is 0 Å². The molecule has 0 atom stereocenters. The van der Waals surface area contributed by atoms with Crippen LogP contribution in [0.1, 0.15) is 44.9 Å². The molecule has 0 aromatic heterocycles. The first-order valence-corrected chi connectivity index (χ1v) is 13.0. The maximum absolute atomic E-state index is 12.4. The lowest BCUT2D eigenvalue weighted by Gasteiger charge is -2.32. The molecule has 1 amide bonds. The van der Waals surface area contributed by atoms with Gasteiger partial charge < -0.3 is 4.90 Å². The molecule has 1 N–H and O–H groups in total. The quantitative estimate of drug-likeness (QED) is 0.712. The lowest BCUT2D eigenvalue weighted by atomic mass is 10.1. The van der Waals surface area contributed by atoms with Gasteiger partial charge >= 0.3 is 0 Å². The van der Waals surface area contributed by atoms with Crippen molar-refractivity contribution in [3.8, 4) is 0 Å². The normalized spacial score (nSPS) is 19.8. The zero-order valence-electron chi connectivity index (χ0n) is 15.9. The Morgan fingerprint density at radius 3 is 2.18 bits per heavy atom. The SMILES string of the molecule is O=C(CCS(=O)(=O)C1CCCC1)N1CCC(NS(=O)(=O)c2ccccc2)CC1. The van der Waals surface area contributed by atoms with Crippen molar-refractivity contribution >= 4 is 25.8 Å². The molecule has 9 heteroatoms. The summed E-state index contributed by atoms with van der Waals surface area (Å²) >= 11 is 0. The predicted octanol–water partition coefficient (Wildman–Crippen LogP) is 1.70. The Bertz CT molecular complexity index is 870. The van der Waals surface area contributed by atoms with Crippen molar-refractivity contribution < 1.29 is 21.6 Å². The van der Waals surface area contributed by atoms with Crippen LogP contribution in [-0.4, -0.2) is 57.8 Å². The third-order valence-electron chi connectivity index (χ3n) is 5.63. The van der Waals surface area contributed by atoms with Crippen molar-refractivity contribution in [2.24, 2.45) is 0 Å². The molecular formula is C19H28N2O5S2. The number of piperidine rings is 1. The fraction of sp³-hybridized carbons (Fsp3) is 0.632. The van der Waals surface area contributed by atoms with Gasteiger partial charge in [-0.25, -0.2) is 21.6 Å². The summed E-state index contributed by atoms with van der Waals surface area (Å²) in [5, 5.41) is -0.279. The van der Waals surface area contributed by atoms with Crippen LogP contribution in [0.25, 0.3) is 0 Å². The summed E-state index contributed by atoms with van der Waals surface area (Å²) in [4.78, 5) is 14.3. The number of likely N-dealkylation sites (tertiary alicyclic amines) is 1. The molecule has 1 aromatic rings. The van der Waals surface area contributed by atoms with E-state index in [2.05, 4.69) is 4.72 Å². The fourth-order valence-electron chi connectivity index (χ4n) is 3.94. The summed E-state index contributed by atoms with van der Waals surface area (Å²) in [5.41, 5.74) is 0. The number of nitrogens with zero attached hydrogens (tertiary/aromatic N) is 1. The standard InChI is InChI=1S/C19H28N2O5S2/c22-19(12-15-27(23,24)17-6-4-5-7-17)21-13-10-16(11-14-21)20-28(25,26)18-8-2-1-3-9-18/h1-3,8-9,16-17,20H,4-7,10-15H2. The molecule has 28 heavy (non-hydrogen) atoms. The third kappa shape index (κ3) is 5.33. The predicted molar refractivity (Wildman–Crippen MR) is 107 cm³/mol. The summed E-state index contributed by atoms with van der Waals surface area (Å²) in [6.07, 6.45) is 4.38. The van der Waals surface area contributed by atoms with Gasteiger partial charge in [-0.15, -0.1) is 0 Å². The lowest BCUT2D eigenvalue weighted by molar-refractivity contribution is -0.131. The second-order valence-corrected chi connectivity index (χ2v) is 11.7. The second-order valence-electron chi connectivity index (χ2n) is 7.61.